The zero-order valence-electron chi connectivity index (χ0n) is 15.1. The summed E-state index contributed by atoms with van der Waals surface area (Å²) in [6.07, 6.45) is -0.903. The third-order valence-electron chi connectivity index (χ3n) is 4.62. The number of nitrogens with zero attached hydrogens (tertiary/aromatic N) is 3. The van der Waals surface area contributed by atoms with E-state index in [4.69, 9.17) is 0 Å². The highest BCUT2D eigenvalue weighted by molar-refractivity contribution is 5.94. The van der Waals surface area contributed by atoms with Gasteiger partial charge < -0.3 is 9.88 Å². The summed E-state index contributed by atoms with van der Waals surface area (Å²) in [5, 5.41) is 0. The van der Waals surface area contributed by atoms with Crippen LogP contribution in [-0.2, 0) is 19.1 Å². The Morgan fingerprint density at radius 1 is 1.14 bits per heavy atom. The van der Waals surface area contributed by atoms with E-state index in [-0.39, 0.29) is 17.0 Å². The van der Waals surface area contributed by atoms with E-state index >= 15 is 0 Å². The van der Waals surface area contributed by atoms with Gasteiger partial charge in [-0.15, -0.1) is 0 Å². The van der Waals surface area contributed by atoms with E-state index in [0.29, 0.717) is 25.2 Å². The van der Waals surface area contributed by atoms with Crippen molar-refractivity contribution in [1.82, 2.24) is 19.9 Å². The highest BCUT2D eigenvalue weighted by Gasteiger charge is 2.34. The maximum Gasteiger partial charge on any atom is 0.417 e. The first kappa shape index (κ1) is 18.7. The molecule has 146 valence electrons. The molecule has 2 aromatic heterocycles. The zero-order chi connectivity index (χ0) is 20.4. The number of imidazole rings is 1. The highest BCUT2D eigenvalue weighted by Crippen LogP contribution is 2.32. The minimum Gasteiger partial charge on any atom is -0.347 e. The minimum atomic E-state index is -4.58. The first-order valence-electron chi connectivity index (χ1n) is 8.86. The topological polar surface area (TPSA) is 61.9 Å². The number of carbonyl (C=O) groups excluding carboxylic acids is 1. The van der Waals surface area contributed by atoms with Crippen LogP contribution in [-0.4, -0.2) is 32.3 Å². The van der Waals surface area contributed by atoms with Crippen LogP contribution < -0.4 is 0 Å². The van der Waals surface area contributed by atoms with Gasteiger partial charge in [0, 0.05) is 30.3 Å². The molecule has 4 rings (SSSR count). The molecule has 0 saturated carbocycles. The number of nitrogens with one attached hydrogen (secondary N) is 1. The number of aromatic nitrogens is 3. The van der Waals surface area contributed by atoms with E-state index in [1.807, 2.05) is 0 Å². The number of amides is 1. The summed E-state index contributed by atoms with van der Waals surface area (Å²) in [5.74, 6) is 4.81. The SMILES string of the molecule is O=C(c1ccc(C(F)(F)F)c(C#Cc2ccccn2)c1)N1CCc2nc[nH]c2C1. The molecule has 3 aromatic rings. The van der Waals surface area contributed by atoms with Crippen molar-refractivity contribution in [3.63, 3.8) is 0 Å². The second-order valence-corrected chi connectivity index (χ2v) is 6.53. The third-order valence-corrected chi connectivity index (χ3v) is 4.62. The molecule has 1 N–H and O–H groups in total. The normalized spacial score (nSPS) is 13.4. The highest BCUT2D eigenvalue weighted by atomic mass is 19.4. The minimum absolute atomic E-state index is 0.159. The van der Waals surface area contributed by atoms with Crippen LogP contribution in [0.5, 0.6) is 0 Å². The van der Waals surface area contributed by atoms with Crippen LogP contribution in [0, 0.1) is 11.8 Å². The van der Waals surface area contributed by atoms with Crippen molar-refractivity contribution in [2.75, 3.05) is 6.54 Å². The van der Waals surface area contributed by atoms with Gasteiger partial charge in [0.05, 0.1) is 29.8 Å². The van der Waals surface area contributed by atoms with Crippen LogP contribution in [0.15, 0.2) is 48.9 Å². The standard InChI is InChI=1S/C21H15F3N4O/c22-21(23,24)17-7-5-15(11-14(17)4-6-16-3-1-2-9-25-16)20(29)28-10-8-18-19(12-28)27-13-26-18/h1-3,5,7,9,11,13H,8,10,12H2,(H,26,27). The monoisotopic (exact) mass is 396 g/mol. The quantitative estimate of drug-likeness (QED) is 0.641. The molecule has 0 bridgehead atoms. The number of halogens is 3. The summed E-state index contributed by atoms with van der Waals surface area (Å²) in [7, 11) is 0. The summed E-state index contributed by atoms with van der Waals surface area (Å²) >= 11 is 0. The number of H-pyrrole nitrogens is 1. The van der Waals surface area contributed by atoms with Gasteiger partial charge >= 0.3 is 6.18 Å². The van der Waals surface area contributed by atoms with Crippen molar-refractivity contribution in [2.24, 2.45) is 0 Å². The van der Waals surface area contributed by atoms with Crippen molar-refractivity contribution in [1.29, 1.82) is 0 Å². The lowest BCUT2D eigenvalue weighted by molar-refractivity contribution is -0.137. The van der Waals surface area contributed by atoms with E-state index in [2.05, 4.69) is 26.8 Å². The fourth-order valence-corrected chi connectivity index (χ4v) is 3.16. The van der Waals surface area contributed by atoms with Gasteiger partial charge in [-0.25, -0.2) is 9.97 Å². The smallest absolute Gasteiger partial charge is 0.347 e. The number of hydrogen-bond donors (Lipinski definition) is 1. The Bertz CT molecular complexity index is 1110. The molecule has 0 radical (unpaired) electrons. The summed E-state index contributed by atoms with van der Waals surface area (Å²) in [5.41, 5.74) is 1.11. The molecular weight excluding hydrogens is 381 g/mol. The van der Waals surface area contributed by atoms with Gasteiger partial charge in [0.2, 0.25) is 0 Å². The van der Waals surface area contributed by atoms with Gasteiger partial charge in [0.25, 0.3) is 5.91 Å². The molecule has 8 heteroatoms. The molecule has 1 aromatic carbocycles. The molecule has 5 nitrogen and oxygen atoms in total. The van der Waals surface area contributed by atoms with Crippen molar-refractivity contribution >= 4 is 5.91 Å². The van der Waals surface area contributed by atoms with Gasteiger partial charge in [-0.2, -0.15) is 13.2 Å². The summed E-state index contributed by atoms with van der Waals surface area (Å²) in [6, 6.07) is 8.28. The van der Waals surface area contributed by atoms with E-state index in [1.54, 1.807) is 29.4 Å². The van der Waals surface area contributed by atoms with Crippen LogP contribution in [0.25, 0.3) is 0 Å². The number of carbonyl (C=O) groups is 1. The zero-order valence-corrected chi connectivity index (χ0v) is 15.1. The Morgan fingerprint density at radius 2 is 2.00 bits per heavy atom. The van der Waals surface area contributed by atoms with Crippen LogP contribution in [0.4, 0.5) is 13.2 Å². The van der Waals surface area contributed by atoms with Crippen molar-refractivity contribution in [3.05, 3.63) is 82.7 Å². The van der Waals surface area contributed by atoms with Gasteiger partial charge in [0.15, 0.2) is 0 Å². The van der Waals surface area contributed by atoms with Crippen molar-refractivity contribution < 1.29 is 18.0 Å². The molecule has 1 aliphatic heterocycles. The van der Waals surface area contributed by atoms with Gasteiger partial charge in [-0.3, -0.25) is 4.79 Å². The number of aromatic amines is 1. The molecule has 0 spiro atoms. The Kier molecular flexibility index (Phi) is 4.80. The number of rotatable bonds is 1. The molecule has 0 fully saturated rings. The largest absolute Gasteiger partial charge is 0.417 e. The summed E-state index contributed by atoms with van der Waals surface area (Å²) in [6.45, 7) is 0.788. The van der Waals surface area contributed by atoms with E-state index in [0.717, 1.165) is 17.5 Å². The van der Waals surface area contributed by atoms with Crippen LogP contribution in [0.3, 0.4) is 0 Å². The fraction of sp³-hybridized carbons (Fsp3) is 0.190. The van der Waals surface area contributed by atoms with Crippen LogP contribution in [0.1, 0.15) is 38.6 Å². The molecule has 0 aliphatic carbocycles. The Hall–Kier alpha value is -3.60. The Labute approximate surface area is 164 Å². The number of pyridine rings is 1. The average Bonchev–Trinajstić information content (AvgIpc) is 3.19. The fourth-order valence-electron chi connectivity index (χ4n) is 3.16. The van der Waals surface area contributed by atoms with Gasteiger partial charge in [0.1, 0.15) is 5.69 Å². The van der Waals surface area contributed by atoms with E-state index in [1.165, 1.54) is 18.3 Å². The number of hydrogen-bond acceptors (Lipinski definition) is 3. The van der Waals surface area contributed by atoms with Crippen LogP contribution >= 0.6 is 0 Å². The second kappa shape index (κ2) is 7.43. The average molecular weight is 396 g/mol. The maximum absolute atomic E-state index is 13.4. The molecule has 1 aliphatic rings. The summed E-state index contributed by atoms with van der Waals surface area (Å²) < 4.78 is 40.2. The van der Waals surface area contributed by atoms with Gasteiger partial charge in [-0.1, -0.05) is 12.0 Å². The third kappa shape index (κ3) is 3.99. The molecule has 0 saturated heterocycles. The molecule has 0 atom stereocenters. The molecule has 29 heavy (non-hydrogen) atoms. The number of fused-ring (bicyclic) bond motifs is 1. The van der Waals surface area contributed by atoms with E-state index < -0.39 is 11.7 Å². The second-order valence-electron chi connectivity index (χ2n) is 6.53. The molecular formula is C21H15F3N4O. The maximum atomic E-state index is 13.4. The predicted octanol–water partition coefficient (Wildman–Crippen LogP) is 3.42. The first-order valence-corrected chi connectivity index (χ1v) is 8.86. The van der Waals surface area contributed by atoms with Crippen molar-refractivity contribution in [3.8, 4) is 11.8 Å². The number of benzene rings is 1. The van der Waals surface area contributed by atoms with E-state index in [9.17, 15) is 18.0 Å². The molecule has 0 unspecified atom stereocenters. The molecule has 3 heterocycles. The van der Waals surface area contributed by atoms with Crippen LogP contribution in [0.2, 0.25) is 0 Å². The summed E-state index contributed by atoms with van der Waals surface area (Å²) in [4.78, 5) is 25.6. The Morgan fingerprint density at radius 3 is 2.76 bits per heavy atom. The lowest BCUT2D eigenvalue weighted by atomic mass is 10.0. The predicted molar refractivity (Wildman–Crippen MR) is 98.7 cm³/mol. The molecule has 1 amide bonds. The van der Waals surface area contributed by atoms with Gasteiger partial charge in [-0.05, 0) is 36.3 Å². The number of alkyl halides is 3. The first-order chi connectivity index (χ1) is 13.9. The lowest BCUT2D eigenvalue weighted by Crippen LogP contribution is -2.36. The van der Waals surface area contributed by atoms with Crippen molar-refractivity contribution in [2.45, 2.75) is 19.1 Å². The lowest BCUT2D eigenvalue weighted by Gasteiger charge is -2.26. The Balaban J connectivity index is 1.67.